The molecule has 0 radical (unpaired) electrons. The first-order valence-electron chi connectivity index (χ1n) is 3.67. The van der Waals surface area contributed by atoms with Gasteiger partial charge in [0.25, 0.3) is 0 Å². The maximum atomic E-state index is 4.30. The van der Waals surface area contributed by atoms with Crippen molar-refractivity contribution in [2.75, 3.05) is 6.54 Å². The van der Waals surface area contributed by atoms with Crippen LogP contribution in [-0.4, -0.2) is 12.8 Å². The third-order valence-corrected chi connectivity index (χ3v) is 1.70. The van der Waals surface area contributed by atoms with Crippen molar-refractivity contribution in [2.24, 2.45) is 4.99 Å². The van der Waals surface area contributed by atoms with Crippen molar-refractivity contribution in [1.82, 2.24) is 0 Å². The van der Waals surface area contributed by atoms with Gasteiger partial charge in [0.15, 0.2) is 0 Å². The molecule has 0 N–H and O–H groups in total. The van der Waals surface area contributed by atoms with Crippen LogP contribution < -0.4 is 0 Å². The summed E-state index contributed by atoms with van der Waals surface area (Å²) in [5.41, 5.74) is 3.25. The van der Waals surface area contributed by atoms with Crippen molar-refractivity contribution in [3.63, 3.8) is 0 Å². The zero-order valence-corrected chi connectivity index (χ0v) is 6.41. The summed E-state index contributed by atoms with van der Waals surface area (Å²) in [6, 6.07) is 6.12. The quantitative estimate of drug-likeness (QED) is 0.536. The predicted octanol–water partition coefficient (Wildman–Crippen LogP) is 2.72. The number of aliphatic imine (C=N–C) groups is 1. The number of hydrogen-bond acceptors (Lipinski definition) is 1. The molecule has 2 nitrogen and oxygen atoms in total. The monoisotopic (exact) mass is 145 g/mol. The number of aryl methyl sites for hydroxylation is 1. The second-order valence-electron chi connectivity index (χ2n) is 2.64. The molecule has 0 spiro atoms. The lowest BCUT2D eigenvalue weighted by Crippen LogP contribution is -1.89. The highest BCUT2D eigenvalue weighted by molar-refractivity contribution is 5.83. The fourth-order valence-corrected chi connectivity index (χ4v) is 1.15. The fourth-order valence-electron chi connectivity index (χ4n) is 1.15. The first kappa shape index (κ1) is 6.40. The molecule has 0 aromatic heterocycles. The van der Waals surface area contributed by atoms with Crippen LogP contribution >= 0.6 is 0 Å². The van der Waals surface area contributed by atoms with Crippen molar-refractivity contribution in [2.45, 2.75) is 6.92 Å². The molecule has 1 aliphatic rings. The number of fused-ring (bicyclic) bond motifs is 1. The van der Waals surface area contributed by atoms with E-state index < -0.39 is 0 Å². The molecule has 11 heavy (non-hydrogen) atoms. The Morgan fingerprint density at radius 1 is 1.45 bits per heavy atom. The minimum absolute atomic E-state index is 0.719. The van der Waals surface area contributed by atoms with Crippen molar-refractivity contribution < 1.29 is 0 Å². The highest BCUT2D eigenvalue weighted by Gasteiger charge is 1.94. The van der Waals surface area contributed by atoms with Gasteiger partial charge in [-0.2, -0.15) is 0 Å². The van der Waals surface area contributed by atoms with Crippen LogP contribution in [0.15, 0.2) is 23.2 Å². The zero-order chi connectivity index (χ0) is 7.68. The molecular weight excluding hydrogens is 136 g/mol. The third kappa shape index (κ3) is 1.11. The predicted molar refractivity (Wildman–Crippen MR) is 47.2 cm³/mol. The van der Waals surface area contributed by atoms with Gasteiger partial charge in [0.1, 0.15) is 0 Å². The molecule has 0 atom stereocenters. The highest BCUT2D eigenvalue weighted by atomic mass is 15.0. The van der Waals surface area contributed by atoms with Crippen LogP contribution in [-0.2, 0) is 0 Å². The molecule has 0 bridgehead atoms. The molecular formula is C9H9N2-. The van der Waals surface area contributed by atoms with E-state index in [1.165, 1.54) is 5.56 Å². The Morgan fingerprint density at radius 2 is 2.36 bits per heavy atom. The molecule has 0 saturated heterocycles. The van der Waals surface area contributed by atoms with Crippen LogP contribution in [0.1, 0.15) is 5.56 Å². The van der Waals surface area contributed by atoms with Gasteiger partial charge in [-0.3, -0.25) is 4.99 Å². The van der Waals surface area contributed by atoms with Gasteiger partial charge in [0, 0.05) is 5.69 Å². The maximum absolute atomic E-state index is 4.30. The third-order valence-electron chi connectivity index (χ3n) is 1.70. The Morgan fingerprint density at radius 3 is 3.27 bits per heavy atom. The topological polar surface area (TPSA) is 26.5 Å². The summed E-state index contributed by atoms with van der Waals surface area (Å²) in [4.78, 5) is 4.22. The Balaban J connectivity index is 2.53. The summed E-state index contributed by atoms with van der Waals surface area (Å²) >= 11 is 0. The molecule has 2 rings (SSSR count). The Hall–Kier alpha value is -1.31. The van der Waals surface area contributed by atoms with Crippen molar-refractivity contribution in [1.29, 1.82) is 0 Å². The molecule has 0 unspecified atom stereocenters. The summed E-state index contributed by atoms with van der Waals surface area (Å²) < 4.78 is 0. The SMILES string of the molecule is Cc1ccc2c(c1)[N-]CC=N2. The number of nitrogens with zero attached hydrogens (tertiary/aromatic N) is 2. The lowest BCUT2D eigenvalue weighted by atomic mass is 10.2. The average Bonchev–Trinajstić information content (AvgIpc) is 2.04. The van der Waals surface area contributed by atoms with Crippen LogP contribution in [0.25, 0.3) is 5.32 Å². The van der Waals surface area contributed by atoms with E-state index in [4.69, 9.17) is 0 Å². The minimum Gasteiger partial charge on any atom is -0.678 e. The van der Waals surface area contributed by atoms with Crippen LogP contribution in [0.3, 0.4) is 0 Å². The van der Waals surface area contributed by atoms with Crippen LogP contribution in [0.5, 0.6) is 0 Å². The molecule has 0 fully saturated rings. The van der Waals surface area contributed by atoms with E-state index in [-0.39, 0.29) is 0 Å². The van der Waals surface area contributed by atoms with Gasteiger partial charge >= 0.3 is 0 Å². The first-order chi connectivity index (χ1) is 5.36. The van der Waals surface area contributed by atoms with E-state index in [1.807, 2.05) is 12.3 Å². The molecule has 1 aliphatic heterocycles. The van der Waals surface area contributed by atoms with Crippen molar-refractivity contribution in [3.05, 3.63) is 29.1 Å². The summed E-state index contributed by atoms with van der Waals surface area (Å²) in [5, 5.41) is 4.30. The Labute approximate surface area is 66.0 Å². The molecule has 1 heterocycles. The van der Waals surface area contributed by atoms with E-state index in [1.54, 1.807) is 0 Å². The first-order valence-corrected chi connectivity index (χ1v) is 3.67. The number of hydrogen-bond donors (Lipinski definition) is 0. The van der Waals surface area contributed by atoms with E-state index in [9.17, 15) is 0 Å². The van der Waals surface area contributed by atoms with Gasteiger partial charge in [0.05, 0.1) is 0 Å². The van der Waals surface area contributed by atoms with Crippen molar-refractivity contribution in [3.8, 4) is 0 Å². The fraction of sp³-hybridized carbons (Fsp3) is 0.222. The van der Waals surface area contributed by atoms with Crippen LogP contribution in [0.4, 0.5) is 11.4 Å². The smallest absolute Gasteiger partial charge is 0.0476 e. The summed E-state index contributed by atoms with van der Waals surface area (Å²) in [6.45, 7) is 2.78. The second kappa shape index (κ2) is 2.38. The van der Waals surface area contributed by atoms with Crippen LogP contribution in [0.2, 0.25) is 0 Å². The van der Waals surface area contributed by atoms with Gasteiger partial charge in [-0.05, 0) is 19.2 Å². The van der Waals surface area contributed by atoms with Crippen LogP contribution in [0, 0.1) is 6.92 Å². The van der Waals surface area contributed by atoms with Gasteiger partial charge in [-0.25, -0.2) is 0 Å². The van der Waals surface area contributed by atoms with Gasteiger partial charge in [-0.15, -0.1) is 5.69 Å². The lowest BCUT2D eigenvalue weighted by Gasteiger charge is -2.25. The van der Waals surface area contributed by atoms with E-state index in [0.717, 1.165) is 17.9 Å². The maximum Gasteiger partial charge on any atom is 0.0476 e. The Kier molecular flexibility index (Phi) is 1.39. The summed E-state index contributed by atoms with van der Waals surface area (Å²) in [6.07, 6.45) is 1.83. The second-order valence-corrected chi connectivity index (χ2v) is 2.64. The zero-order valence-electron chi connectivity index (χ0n) is 6.41. The molecule has 0 amide bonds. The number of rotatable bonds is 0. The van der Waals surface area contributed by atoms with Gasteiger partial charge in [-0.1, -0.05) is 24.2 Å². The van der Waals surface area contributed by atoms with E-state index in [2.05, 4.69) is 29.4 Å². The largest absolute Gasteiger partial charge is 0.678 e. The molecule has 0 aliphatic carbocycles. The molecule has 1 aromatic carbocycles. The molecule has 0 saturated carbocycles. The minimum atomic E-state index is 0.719. The van der Waals surface area contributed by atoms with E-state index >= 15 is 0 Å². The normalized spacial score (nSPS) is 13.9. The molecule has 2 heteroatoms. The average molecular weight is 145 g/mol. The molecule has 1 aromatic rings. The van der Waals surface area contributed by atoms with Gasteiger partial charge in [0.2, 0.25) is 0 Å². The Bertz CT molecular complexity index is 302. The lowest BCUT2D eigenvalue weighted by molar-refractivity contribution is 1.37. The van der Waals surface area contributed by atoms with Gasteiger partial charge < -0.3 is 5.32 Å². The van der Waals surface area contributed by atoms with E-state index in [0.29, 0.717) is 0 Å². The summed E-state index contributed by atoms with van der Waals surface area (Å²) in [7, 11) is 0. The number of benzene rings is 1. The van der Waals surface area contributed by atoms with Crippen molar-refractivity contribution >= 4 is 17.6 Å². The molecule has 56 valence electrons. The highest BCUT2D eigenvalue weighted by Crippen LogP contribution is 2.33. The summed E-state index contributed by atoms with van der Waals surface area (Å²) in [5.74, 6) is 0. The standard InChI is InChI=1S/C9H9N2/c1-7-2-3-8-9(6-7)11-5-4-10-8/h2-4,6H,5H2,1H3/q-1.